The minimum atomic E-state index is -1.01. The molecule has 104 valence electrons. The number of phenolic OH excluding ortho intramolecular Hbond substituents is 1. The van der Waals surface area contributed by atoms with Gasteiger partial charge in [-0.15, -0.1) is 0 Å². The highest BCUT2D eigenvalue weighted by atomic mass is 16.5. The third kappa shape index (κ3) is 1.56. The van der Waals surface area contributed by atoms with Crippen LogP contribution >= 0.6 is 0 Å². The summed E-state index contributed by atoms with van der Waals surface area (Å²) in [5, 5.41) is 21.2. The van der Waals surface area contributed by atoms with Crippen LogP contribution in [0.15, 0.2) is 6.07 Å². The van der Waals surface area contributed by atoms with Gasteiger partial charge in [-0.2, -0.15) is 0 Å². The number of hydrogen-bond donors (Lipinski definition) is 3. The number of carboxylic acid groups (broad SMARTS) is 1. The molecule has 0 bridgehead atoms. The Bertz CT molecular complexity index is 665. The van der Waals surface area contributed by atoms with E-state index in [4.69, 9.17) is 9.84 Å². The van der Waals surface area contributed by atoms with Gasteiger partial charge in [0.15, 0.2) is 0 Å². The quantitative estimate of drug-likeness (QED) is 0.670. The molecule has 0 radical (unpaired) electrons. The smallest absolute Gasteiger partial charge is 0.309 e. The fraction of sp³-hybridized carbons (Fsp3) is 0.308. The number of imide groups is 1. The predicted molar refractivity (Wildman–Crippen MR) is 64.8 cm³/mol. The number of hydrogen-bond acceptors (Lipinski definition) is 5. The molecule has 7 nitrogen and oxygen atoms in total. The van der Waals surface area contributed by atoms with Gasteiger partial charge in [-0.1, -0.05) is 0 Å². The molecule has 0 saturated carbocycles. The molecule has 0 saturated heterocycles. The summed E-state index contributed by atoms with van der Waals surface area (Å²) in [7, 11) is 0. The Balaban J connectivity index is 2.05. The lowest BCUT2D eigenvalue weighted by Crippen LogP contribution is -2.29. The molecule has 0 fully saturated rings. The maximum atomic E-state index is 11.6. The molecule has 20 heavy (non-hydrogen) atoms. The maximum Gasteiger partial charge on any atom is 0.309 e. The van der Waals surface area contributed by atoms with Crippen molar-refractivity contribution >= 4 is 17.8 Å². The van der Waals surface area contributed by atoms with E-state index in [9.17, 15) is 19.5 Å². The predicted octanol–water partition coefficient (Wildman–Crippen LogP) is 0.300. The lowest BCUT2D eigenvalue weighted by molar-refractivity contribution is -0.143. The van der Waals surface area contributed by atoms with Gasteiger partial charge in [0.1, 0.15) is 17.6 Å². The van der Waals surface area contributed by atoms with Crippen LogP contribution < -0.4 is 10.1 Å². The highest BCUT2D eigenvalue weighted by Crippen LogP contribution is 2.42. The number of carbonyl (C=O) groups is 3. The van der Waals surface area contributed by atoms with Crippen molar-refractivity contribution in [2.45, 2.75) is 19.4 Å². The zero-order valence-electron chi connectivity index (χ0n) is 10.5. The van der Waals surface area contributed by atoms with E-state index in [1.54, 1.807) is 0 Å². The molecule has 2 aliphatic rings. The Kier molecular flexibility index (Phi) is 2.47. The first kappa shape index (κ1) is 12.5. The number of carboxylic acids is 1. The third-order valence-electron chi connectivity index (χ3n) is 3.69. The first-order valence-corrected chi connectivity index (χ1v) is 6.04. The fourth-order valence-electron chi connectivity index (χ4n) is 2.47. The molecule has 0 aliphatic carbocycles. The molecule has 0 aromatic heterocycles. The average Bonchev–Trinajstić information content (AvgIpc) is 2.91. The number of phenols is 1. The zero-order chi connectivity index (χ0) is 14.6. The van der Waals surface area contributed by atoms with Gasteiger partial charge < -0.3 is 14.9 Å². The van der Waals surface area contributed by atoms with Crippen molar-refractivity contribution in [3.05, 3.63) is 22.8 Å². The van der Waals surface area contributed by atoms with E-state index in [1.165, 1.54) is 13.0 Å². The van der Waals surface area contributed by atoms with Crippen LogP contribution in [0.3, 0.4) is 0 Å². The largest absolute Gasteiger partial charge is 0.507 e. The summed E-state index contributed by atoms with van der Waals surface area (Å²) in [6, 6.07) is 1.37. The van der Waals surface area contributed by atoms with Gasteiger partial charge in [0.25, 0.3) is 11.8 Å². The van der Waals surface area contributed by atoms with E-state index in [-0.39, 0.29) is 29.0 Å². The number of rotatable bonds is 2. The molecule has 2 heterocycles. The lowest BCUT2D eigenvalue weighted by atomic mass is 9.96. The van der Waals surface area contributed by atoms with Crippen molar-refractivity contribution < 1.29 is 29.3 Å². The van der Waals surface area contributed by atoms with E-state index in [0.29, 0.717) is 5.56 Å². The van der Waals surface area contributed by atoms with E-state index in [0.717, 1.165) is 0 Å². The number of aromatic hydroxyl groups is 1. The number of fused-ring (bicyclic) bond motifs is 2. The number of benzene rings is 1. The summed E-state index contributed by atoms with van der Waals surface area (Å²) < 4.78 is 5.49. The Labute approximate surface area is 113 Å². The Morgan fingerprint density at radius 2 is 2.15 bits per heavy atom. The van der Waals surface area contributed by atoms with Crippen molar-refractivity contribution in [2.75, 3.05) is 0 Å². The lowest BCUT2D eigenvalue weighted by Gasteiger charge is -2.14. The minimum Gasteiger partial charge on any atom is -0.507 e. The van der Waals surface area contributed by atoms with Gasteiger partial charge in [0.05, 0.1) is 17.0 Å². The minimum absolute atomic E-state index is 0.0508. The van der Waals surface area contributed by atoms with Crippen LogP contribution in [-0.4, -0.2) is 34.1 Å². The van der Waals surface area contributed by atoms with Crippen molar-refractivity contribution in [1.82, 2.24) is 5.32 Å². The topological polar surface area (TPSA) is 113 Å². The summed E-state index contributed by atoms with van der Waals surface area (Å²) >= 11 is 0. The standard InChI is InChI=1S/C13H11NO6/c1-4(13(18)19)7-2-5-8(20-7)3-6-9(10(5)15)12(17)14-11(6)16/h3-4,7,15H,2H2,1H3,(H,18,19)(H,14,16,17)/t4-,7?/m1/s1. The van der Waals surface area contributed by atoms with E-state index in [1.807, 2.05) is 0 Å². The second-order valence-corrected chi connectivity index (χ2v) is 4.90. The van der Waals surface area contributed by atoms with Crippen molar-refractivity contribution in [1.29, 1.82) is 0 Å². The number of aliphatic carboxylic acids is 1. The Morgan fingerprint density at radius 3 is 2.80 bits per heavy atom. The van der Waals surface area contributed by atoms with Crippen molar-refractivity contribution in [2.24, 2.45) is 5.92 Å². The number of ether oxygens (including phenoxy) is 1. The highest BCUT2D eigenvalue weighted by Gasteiger charge is 2.39. The molecule has 1 unspecified atom stereocenters. The zero-order valence-corrected chi connectivity index (χ0v) is 10.5. The van der Waals surface area contributed by atoms with Crippen LogP contribution in [0, 0.1) is 5.92 Å². The third-order valence-corrected chi connectivity index (χ3v) is 3.69. The summed E-state index contributed by atoms with van der Waals surface area (Å²) in [5.41, 5.74) is 0.350. The summed E-state index contributed by atoms with van der Waals surface area (Å²) in [6.45, 7) is 1.50. The molecular weight excluding hydrogens is 266 g/mol. The molecular formula is C13H11NO6. The second-order valence-electron chi connectivity index (χ2n) is 4.90. The van der Waals surface area contributed by atoms with Crippen LogP contribution in [0.25, 0.3) is 0 Å². The van der Waals surface area contributed by atoms with Crippen LogP contribution in [-0.2, 0) is 11.2 Å². The molecule has 2 atom stereocenters. The summed E-state index contributed by atoms with van der Waals surface area (Å²) in [5.74, 6) is -3.07. The van der Waals surface area contributed by atoms with Crippen LogP contribution in [0.4, 0.5) is 0 Å². The monoisotopic (exact) mass is 277 g/mol. The van der Waals surface area contributed by atoms with Gasteiger partial charge in [-0.3, -0.25) is 19.7 Å². The maximum absolute atomic E-state index is 11.6. The molecule has 0 spiro atoms. The molecule has 2 aliphatic heterocycles. The normalized spacial score (nSPS) is 20.9. The molecule has 1 aromatic carbocycles. The number of amides is 2. The van der Waals surface area contributed by atoms with Crippen LogP contribution in [0.2, 0.25) is 0 Å². The van der Waals surface area contributed by atoms with Crippen LogP contribution in [0.1, 0.15) is 33.2 Å². The second kappa shape index (κ2) is 3.96. The number of nitrogens with one attached hydrogen (secondary N) is 1. The average molecular weight is 277 g/mol. The van der Waals surface area contributed by atoms with E-state index >= 15 is 0 Å². The van der Waals surface area contributed by atoms with Gasteiger partial charge >= 0.3 is 5.97 Å². The highest BCUT2D eigenvalue weighted by molar-refractivity contribution is 6.23. The van der Waals surface area contributed by atoms with E-state index < -0.39 is 29.8 Å². The first-order chi connectivity index (χ1) is 9.40. The fourth-order valence-corrected chi connectivity index (χ4v) is 2.47. The summed E-state index contributed by atoms with van der Waals surface area (Å²) in [6.07, 6.45) is -0.447. The van der Waals surface area contributed by atoms with Gasteiger partial charge in [-0.25, -0.2) is 0 Å². The molecule has 3 N–H and O–H groups in total. The summed E-state index contributed by atoms with van der Waals surface area (Å²) in [4.78, 5) is 34.1. The van der Waals surface area contributed by atoms with Gasteiger partial charge in [0.2, 0.25) is 0 Å². The van der Waals surface area contributed by atoms with Crippen LogP contribution in [0.5, 0.6) is 11.5 Å². The van der Waals surface area contributed by atoms with Crippen molar-refractivity contribution in [3.8, 4) is 11.5 Å². The van der Waals surface area contributed by atoms with Gasteiger partial charge in [0, 0.05) is 12.0 Å². The molecule has 3 rings (SSSR count). The molecule has 2 amide bonds. The SMILES string of the molecule is C[C@@H](C(=O)O)C1Cc2c(cc3c(c2O)C(=O)NC3=O)O1. The van der Waals surface area contributed by atoms with Crippen molar-refractivity contribution in [3.63, 3.8) is 0 Å². The Hall–Kier alpha value is -2.57. The Morgan fingerprint density at radius 1 is 1.45 bits per heavy atom. The van der Waals surface area contributed by atoms with Gasteiger partial charge in [-0.05, 0) is 13.0 Å². The molecule has 7 heteroatoms. The molecule has 1 aromatic rings. The first-order valence-electron chi connectivity index (χ1n) is 6.04. The number of carbonyl (C=O) groups excluding carboxylic acids is 2. The van der Waals surface area contributed by atoms with E-state index in [2.05, 4.69) is 5.32 Å².